The van der Waals surface area contributed by atoms with Crippen LogP contribution in [0.25, 0.3) is 0 Å². The second-order valence-corrected chi connectivity index (χ2v) is 5.36. The third-order valence-electron chi connectivity index (χ3n) is 2.87. The number of benzene rings is 1. The predicted molar refractivity (Wildman–Crippen MR) is 77.1 cm³/mol. The van der Waals surface area contributed by atoms with Gasteiger partial charge in [0.15, 0.2) is 0 Å². The summed E-state index contributed by atoms with van der Waals surface area (Å²) in [7, 11) is 0. The zero-order valence-corrected chi connectivity index (χ0v) is 12.1. The van der Waals surface area contributed by atoms with Crippen molar-refractivity contribution in [1.29, 1.82) is 0 Å². The number of rotatable bonds is 7. The summed E-state index contributed by atoms with van der Waals surface area (Å²) in [5, 5.41) is 5.00. The van der Waals surface area contributed by atoms with Crippen LogP contribution in [0.15, 0.2) is 18.2 Å². The summed E-state index contributed by atoms with van der Waals surface area (Å²) < 4.78 is 0. The van der Waals surface area contributed by atoms with Crippen LogP contribution in [0.2, 0.25) is 10.0 Å². The summed E-state index contributed by atoms with van der Waals surface area (Å²) in [6.45, 7) is 6.60. The second-order valence-electron chi connectivity index (χ2n) is 4.55. The molecule has 0 aliphatic rings. The molecule has 0 saturated heterocycles. The molecule has 1 N–H and O–H groups in total. The van der Waals surface area contributed by atoms with Crippen molar-refractivity contribution < 1.29 is 0 Å². The molecule has 0 fully saturated rings. The van der Waals surface area contributed by atoms with E-state index in [1.807, 2.05) is 18.2 Å². The Labute approximate surface area is 115 Å². The molecule has 0 aromatic heterocycles. The maximum atomic E-state index is 6.14. The Morgan fingerprint density at radius 3 is 2.47 bits per heavy atom. The first-order valence-corrected chi connectivity index (χ1v) is 7.04. The van der Waals surface area contributed by atoms with Crippen molar-refractivity contribution in [3.63, 3.8) is 0 Å². The highest BCUT2D eigenvalue weighted by molar-refractivity contribution is 6.35. The molecule has 1 atom stereocenters. The van der Waals surface area contributed by atoms with Gasteiger partial charge in [-0.1, -0.05) is 43.1 Å². The van der Waals surface area contributed by atoms with Crippen LogP contribution in [-0.2, 0) is 6.42 Å². The van der Waals surface area contributed by atoms with Crippen molar-refractivity contribution in [3.05, 3.63) is 33.8 Å². The van der Waals surface area contributed by atoms with Crippen LogP contribution in [0, 0.1) is 5.92 Å². The topological polar surface area (TPSA) is 12.0 Å². The van der Waals surface area contributed by atoms with E-state index in [-0.39, 0.29) is 0 Å². The van der Waals surface area contributed by atoms with E-state index in [1.54, 1.807) is 0 Å². The van der Waals surface area contributed by atoms with Gasteiger partial charge in [0, 0.05) is 10.0 Å². The third kappa shape index (κ3) is 5.29. The standard InChI is InChI=1S/C14H21Cl2N/c1-3-9-17-10-11(2)7-8-12-13(15)5-4-6-14(12)16/h4-6,11,17H,3,7-10H2,1-2H3. The lowest BCUT2D eigenvalue weighted by Crippen LogP contribution is -2.22. The molecule has 0 heterocycles. The van der Waals surface area contributed by atoms with Crippen LogP contribution in [0.5, 0.6) is 0 Å². The van der Waals surface area contributed by atoms with Gasteiger partial charge in [0.05, 0.1) is 0 Å². The fourth-order valence-corrected chi connectivity index (χ4v) is 2.38. The second kappa shape index (κ2) is 7.97. The molecule has 0 spiro atoms. The average Bonchev–Trinajstić information content (AvgIpc) is 2.29. The molecule has 0 radical (unpaired) electrons. The van der Waals surface area contributed by atoms with E-state index >= 15 is 0 Å². The molecule has 1 aromatic carbocycles. The largest absolute Gasteiger partial charge is 0.316 e. The maximum Gasteiger partial charge on any atom is 0.0452 e. The Balaban J connectivity index is 2.39. The summed E-state index contributed by atoms with van der Waals surface area (Å²) >= 11 is 12.3. The van der Waals surface area contributed by atoms with Crippen molar-refractivity contribution in [2.75, 3.05) is 13.1 Å². The lowest BCUT2D eigenvalue weighted by atomic mass is 10.0. The Bertz CT molecular complexity index is 319. The SMILES string of the molecule is CCCNCC(C)CCc1c(Cl)cccc1Cl. The van der Waals surface area contributed by atoms with Crippen molar-refractivity contribution in [2.24, 2.45) is 5.92 Å². The van der Waals surface area contributed by atoms with E-state index in [1.165, 1.54) is 6.42 Å². The van der Waals surface area contributed by atoms with E-state index in [4.69, 9.17) is 23.2 Å². The Morgan fingerprint density at radius 1 is 1.24 bits per heavy atom. The fraction of sp³-hybridized carbons (Fsp3) is 0.571. The van der Waals surface area contributed by atoms with Gasteiger partial charge in [0.1, 0.15) is 0 Å². The maximum absolute atomic E-state index is 6.14. The van der Waals surface area contributed by atoms with Gasteiger partial charge < -0.3 is 5.32 Å². The summed E-state index contributed by atoms with van der Waals surface area (Å²) in [5.41, 5.74) is 1.08. The molecule has 1 nitrogen and oxygen atoms in total. The Kier molecular flexibility index (Phi) is 6.94. The lowest BCUT2D eigenvalue weighted by Gasteiger charge is -2.13. The van der Waals surface area contributed by atoms with Gasteiger partial charge in [-0.25, -0.2) is 0 Å². The molecule has 17 heavy (non-hydrogen) atoms. The zero-order chi connectivity index (χ0) is 12.7. The first kappa shape index (κ1) is 14.8. The predicted octanol–water partition coefficient (Wildman–Crippen LogP) is 4.56. The zero-order valence-electron chi connectivity index (χ0n) is 10.6. The first-order valence-electron chi connectivity index (χ1n) is 6.28. The number of hydrogen-bond donors (Lipinski definition) is 1. The number of nitrogens with one attached hydrogen (secondary N) is 1. The molecular formula is C14H21Cl2N. The summed E-state index contributed by atoms with van der Waals surface area (Å²) in [5.74, 6) is 0.647. The quantitative estimate of drug-likeness (QED) is 0.718. The molecule has 0 amide bonds. The molecule has 0 saturated carbocycles. The molecule has 1 rings (SSSR count). The number of hydrogen-bond acceptors (Lipinski definition) is 1. The van der Waals surface area contributed by atoms with Gasteiger partial charge in [0.2, 0.25) is 0 Å². The lowest BCUT2D eigenvalue weighted by molar-refractivity contribution is 0.481. The third-order valence-corrected chi connectivity index (χ3v) is 3.58. The Hall–Kier alpha value is -0.240. The van der Waals surface area contributed by atoms with Gasteiger partial charge in [0.25, 0.3) is 0 Å². The van der Waals surface area contributed by atoms with Crippen molar-refractivity contribution in [1.82, 2.24) is 5.32 Å². The molecule has 1 unspecified atom stereocenters. The van der Waals surface area contributed by atoms with Gasteiger partial charge in [-0.15, -0.1) is 0 Å². The van der Waals surface area contributed by atoms with E-state index < -0.39 is 0 Å². The average molecular weight is 274 g/mol. The molecule has 0 aliphatic heterocycles. The highest BCUT2D eigenvalue weighted by atomic mass is 35.5. The Morgan fingerprint density at radius 2 is 1.88 bits per heavy atom. The van der Waals surface area contributed by atoms with Crippen LogP contribution in [0.4, 0.5) is 0 Å². The normalized spacial score (nSPS) is 12.7. The van der Waals surface area contributed by atoms with Crippen LogP contribution in [0.1, 0.15) is 32.3 Å². The highest BCUT2D eigenvalue weighted by Gasteiger charge is 2.08. The van der Waals surface area contributed by atoms with Gasteiger partial charge in [-0.2, -0.15) is 0 Å². The van der Waals surface area contributed by atoms with Crippen LogP contribution in [-0.4, -0.2) is 13.1 Å². The van der Waals surface area contributed by atoms with Crippen molar-refractivity contribution in [3.8, 4) is 0 Å². The van der Waals surface area contributed by atoms with Crippen LogP contribution < -0.4 is 5.32 Å². The molecule has 0 aliphatic carbocycles. The first-order chi connectivity index (χ1) is 8.15. The minimum Gasteiger partial charge on any atom is -0.316 e. The number of halogens is 2. The molecule has 1 aromatic rings. The summed E-state index contributed by atoms with van der Waals surface area (Å²) in [6, 6.07) is 5.70. The van der Waals surface area contributed by atoms with E-state index in [0.717, 1.165) is 41.5 Å². The fourth-order valence-electron chi connectivity index (χ4n) is 1.79. The minimum absolute atomic E-state index is 0.647. The highest BCUT2D eigenvalue weighted by Crippen LogP contribution is 2.26. The summed E-state index contributed by atoms with van der Waals surface area (Å²) in [4.78, 5) is 0. The van der Waals surface area contributed by atoms with Crippen molar-refractivity contribution >= 4 is 23.2 Å². The van der Waals surface area contributed by atoms with E-state index in [0.29, 0.717) is 5.92 Å². The van der Waals surface area contributed by atoms with Crippen LogP contribution >= 0.6 is 23.2 Å². The van der Waals surface area contributed by atoms with Gasteiger partial charge in [-0.3, -0.25) is 0 Å². The van der Waals surface area contributed by atoms with Crippen molar-refractivity contribution in [2.45, 2.75) is 33.1 Å². The molecule has 3 heteroatoms. The monoisotopic (exact) mass is 273 g/mol. The molecular weight excluding hydrogens is 253 g/mol. The molecule has 0 bridgehead atoms. The van der Waals surface area contributed by atoms with E-state index in [9.17, 15) is 0 Å². The smallest absolute Gasteiger partial charge is 0.0452 e. The van der Waals surface area contributed by atoms with Crippen LogP contribution in [0.3, 0.4) is 0 Å². The van der Waals surface area contributed by atoms with E-state index in [2.05, 4.69) is 19.2 Å². The molecule has 96 valence electrons. The van der Waals surface area contributed by atoms with Gasteiger partial charge in [-0.05, 0) is 56.0 Å². The minimum atomic E-state index is 0.647. The summed E-state index contributed by atoms with van der Waals surface area (Å²) in [6.07, 6.45) is 3.25. The van der Waals surface area contributed by atoms with Gasteiger partial charge >= 0.3 is 0 Å².